The molecule has 3 heteroatoms. The maximum Gasteiger partial charge on any atom is 0.0936 e. The van der Waals surface area contributed by atoms with Crippen molar-refractivity contribution in [2.75, 3.05) is 0 Å². The summed E-state index contributed by atoms with van der Waals surface area (Å²) in [5, 5.41) is 4.84. The summed E-state index contributed by atoms with van der Waals surface area (Å²) in [5.74, 6) is 0. The van der Waals surface area contributed by atoms with Crippen LogP contribution >= 0.6 is 11.3 Å². The number of nitrogens with zero attached hydrogens (tertiary/aromatic N) is 1. The van der Waals surface area contributed by atoms with E-state index >= 15 is 0 Å². The molecule has 1 N–H and O–H groups in total. The zero-order valence-corrected chi connectivity index (χ0v) is 13.8. The Morgan fingerprint density at radius 3 is 2.17 bits per heavy atom. The van der Waals surface area contributed by atoms with Crippen LogP contribution in [0.4, 0.5) is 0 Å². The lowest BCUT2D eigenvalue weighted by Gasteiger charge is -2.20. The number of aryl methyl sites for hydroxylation is 1. The monoisotopic (exact) mass is 268 g/mol. The average molecular weight is 268 g/mol. The first-order valence-electron chi connectivity index (χ1n) is 6.83. The van der Waals surface area contributed by atoms with E-state index in [9.17, 15) is 0 Å². The van der Waals surface area contributed by atoms with Gasteiger partial charge in [-0.2, -0.15) is 0 Å². The van der Waals surface area contributed by atoms with Gasteiger partial charge in [-0.15, -0.1) is 11.3 Å². The van der Waals surface area contributed by atoms with Crippen LogP contribution in [0.2, 0.25) is 0 Å². The molecule has 1 heterocycles. The highest BCUT2D eigenvalue weighted by Crippen LogP contribution is 2.27. The van der Waals surface area contributed by atoms with Crippen LogP contribution < -0.4 is 5.32 Å². The van der Waals surface area contributed by atoms with Crippen molar-refractivity contribution in [3.8, 4) is 0 Å². The number of hydrogen-bond donors (Lipinski definition) is 1. The van der Waals surface area contributed by atoms with Crippen LogP contribution in [0.3, 0.4) is 0 Å². The Kier molecular flexibility index (Phi) is 4.96. The molecule has 0 amide bonds. The molecule has 0 aliphatic rings. The molecule has 0 bridgehead atoms. The summed E-state index contributed by atoms with van der Waals surface area (Å²) >= 11 is 1.88. The topological polar surface area (TPSA) is 24.9 Å². The molecule has 0 radical (unpaired) electrons. The number of thiazole rings is 1. The van der Waals surface area contributed by atoms with Crippen molar-refractivity contribution in [1.82, 2.24) is 10.3 Å². The van der Waals surface area contributed by atoms with Crippen LogP contribution in [-0.4, -0.2) is 10.5 Å². The van der Waals surface area contributed by atoms with Gasteiger partial charge in [0.25, 0.3) is 0 Å². The van der Waals surface area contributed by atoms with Crippen LogP contribution in [0.5, 0.6) is 0 Å². The maximum absolute atomic E-state index is 4.79. The smallest absolute Gasteiger partial charge is 0.0936 e. The van der Waals surface area contributed by atoms with Crippen LogP contribution in [0.25, 0.3) is 0 Å². The molecule has 0 spiro atoms. The Bertz CT molecular complexity index is 380. The summed E-state index contributed by atoms with van der Waals surface area (Å²) in [6.07, 6.45) is 2.10. The third-order valence-corrected chi connectivity index (χ3v) is 3.72. The van der Waals surface area contributed by atoms with Crippen molar-refractivity contribution in [2.45, 2.75) is 73.4 Å². The van der Waals surface area contributed by atoms with Gasteiger partial charge in [0.15, 0.2) is 0 Å². The number of aromatic nitrogens is 1. The quantitative estimate of drug-likeness (QED) is 0.886. The Morgan fingerprint density at radius 2 is 1.72 bits per heavy atom. The Morgan fingerprint density at radius 1 is 1.11 bits per heavy atom. The van der Waals surface area contributed by atoms with Crippen molar-refractivity contribution >= 4 is 11.3 Å². The normalized spacial score (nSPS) is 13.1. The van der Waals surface area contributed by atoms with Gasteiger partial charge in [-0.05, 0) is 32.6 Å². The van der Waals surface area contributed by atoms with E-state index in [1.54, 1.807) is 0 Å². The highest BCUT2D eigenvalue weighted by Gasteiger charge is 2.18. The lowest BCUT2D eigenvalue weighted by molar-refractivity contribution is 0.410. The first-order valence-corrected chi connectivity index (χ1v) is 7.65. The van der Waals surface area contributed by atoms with E-state index in [4.69, 9.17) is 4.98 Å². The zero-order chi connectivity index (χ0) is 14.0. The predicted octanol–water partition coefficient (Wildman–Crippen LogP) is 4.18. The van der Waals surface area contributed by atoms with E-state index in [0.717, 1.165) is 19.4 Å². The van der Waals surface area contributed by atoms with Gasteiger partial charge in [0.05, 0.1) is 10.7 Å². The molecular weight excluding hydrogens is 240 g/mol. The summed E-state index contributed by atoms with van der Waals surface area (Å²) in [6.45, 7) is 16.6. The molecule has 0 atom stereocenters. The molecule has 0 aliphatic heterocycles. The van der Waals surface area contributed by atoms with Crippen molar-refractivity contribution < 1.29 is 0 Å². The first-order chi connectivity index (χ1) is 8.11. The molecule has 1 aromatic heterocycles. The Labute approximate surface area is 116 Å². The number of rotatable bonds is 4. The molecule has 2 nitrogen and oxygen atoms in total. The standard InChI is InChI=1S/C15H28N2S/c1-8-11-12(10-16-15(5,6)7)18-13(17-11)9-14(2,3)4/h16H,8-10H2,1-7H3. The molecule has 0 aromatic carbocycles. The molecule has 1 aromatic rings. The molecule has 1 rings (SSSR count). The fourth-order valence-electron chi connectivity index (χ4n) is 1.73. The van der Waals surface area contributed by atoms with Gasteiger partial charge in [0.2, 0.25) is 0 Å². The van der Waals surface area contributed by atoms with Crippen LogP contribution in [0, 0.1) is 5.41 Å². The molecule has 0 saturated heterocycles. The van der Waals surface area contributed by atoms with E-state index in [2.05, 4.69) is 53.8 Å². The molecular formula is C15H28N2S. The lowest BCUT2D eigenvalue weighted by Crippen LogP contribution is -2.35. The lowest BCUT2D eigenvalue weighted by atomic mass is 9.93. The van der Waals surface area contributed by atoms with E-state index < -0.39 is 0 Å². The summed E-state index contributed by atoms with van der Waals surface area (Å²) in [6, 6.07) is 0. The van der Waals surface area contributed by atoms with Gasteiger partial charge in [-0.3, -0.25) is 0 Å². The van der Waals surface area contributed by atoms with Crippen molar-refractivity contribution in [3.63, 3.8) is 0 Å². The molecule has 0 saturated carbocycles. The minimum absolute atomic E-state index is 0.166. The fraction of sp³-hybridized carbons (Fsp3) is 0.800. The van der Waals surface area contributed by atoms with E-state index in [-0.39, 0.29) is 5.54 Å². The van der Waals surface area contributed by atoms with Gasteiger partial charge >= 0.3 is 0 Å². The van der Waals surface area contributed by atoms with Gasteiger partial charge < -0.3 is 5.32 Å². The average Bonchev–Trinajstić information content (AvgIpc) is 2.53. The SMILES string of the molecule is CCc1nc(CC(C)(C)C)sc1CNC(C)(C)C. The summed E-state index contributed by atoms with van der Waals surface area (Å²) in [4.78, 5) is 6.20. The van der Waals surface area contributed by atoms with Gasteiger partial charge in [-0.1, -0.05) is 27.7 Å². The van der Waals surface area contributed by atoms with Crippen molar-refractivity contribution in [2.24, 2.45) is 5.41 Å². The van der Waals surface area contributed by atoms with Gasteiger partial charge in [-0.25, -0.2) is 4.98 Å². The van der Waals surface area contributed by atoms with Crippen LogP contribution in [-0.2, 0) is 19.4 Å². The molecule has 0 aliphatic carbocycles. The minimum atomic E-state index is 0.166. The van der Waals surface area contributed by atoms with E-state index in [0.29, 0.717) is 5.41 Å². The van der Waals surface area contributed by atoms with E-state index in [1.165, 1.54) is 15.6 Å². The number of nitrogens with one attached hydrogen (secondary N) is 1. The minimum Gasteiger partial charge on any atom is -0.307 e. The highest BCUT2D eigenvalue weighted by atomic mass is 32.1. The van der Waals surface area contributed by atoms with Gasteiger partial charge in [0, 0.05) is 23.4 Å². The summed E-state index contributed by atoms with van der Waals surface area (Å²) < 4.78 is 0. The van der Waals surface area contributed by atoms with E-state index in [1.807, 2.05) is 11.3 Å². The third kappa shape index (κ3) is 5.49. The molecule has 18 heavy (non-hydrogen) atoms. The second-order valence-electron chi connectivity index (χ2n) is 7.17. The second-order valence-corrected chi connectivity index (χ2v) is 8.34. The zero-order valence-electron chi connectivity index (χ0n) is 13.0. The Hall–Kier alpha value is -0.410. The molecule has 0 unspecified atom stereocenters. The maximum atomic E-state index is 4.79. The molecule has 104 valence electrons. The molecule has 0 fully saturated rings. The highest BCUT2D eigenvalue weighted by molar-refractivity contribution is 7.11. The predicted molar refractivity (Wildman–Crippen MR) is 81.2 cm³/mol. The van der Waals surface area contributed by atoms with Crippen molar-refractivity contribution in [1.29, 1.82) is 0 Å². The van der Waals surface area contributed by atoms with Crippen LogP contribution in [0.1, 0.15) is 64.0 Å². The Balaban J connectivity index is 2.78. The van der Waals surface area contributed by atoms with Gasteiger partial charge in [0.1, 0.15) is 0 Å². The first kappa shape index (κ1) is 15.6. The van der Waals surface area contributed by atoms with Crippen LogP contribution in [0.15, 0.2) is 0 Å². The van der Waals surface area contributed by atoms with Crippen molar-refractivity contribution in [3.05, 3.63) is 15.6 Å². The number of hydrogen-bond acceptors (Lipinski definition) is 3. The fourth-order valence-corrected chi connectivity index (χ4v) is 3.12. The second kappa shape index (κ2) is 5.70. The summed E-state index contributed by atoms with van der Waals surface area (Å²) in [5.41, 5.74) is 1.76. The summed E-state index contributed by atoms with van der Waals surface area (Å²) in [7, 11) is 0. The largest absolute Gasteiger partial charge is 0.307 e. The third-order valence-electron chi connectivity index (χ3n) is 2.62.